The van der Waals surface area contributed by atoms with E-state index < -0.39 is 0 Å². The number of amides is 1. The summed E-state index contributed by atoms with van der Waals surface area (Å²) in [5.74, 6) is 1.49. The van der Waals surface area contributed by atoms with Crippen molar-refractivity contribution in [1.82, 2.24) is 9.88 Å². The molecule has 2 aromatic heterocycles. The van der Waals surface area contributed by atoms with Gasteiger partial charge in [0.2, 0.25) is 0 Å². The lowest BCUT2D eigenvalue weighted by molar-refractivity contribution is 0.101. The summed E-state index contributed by atoms with van der Waals surface area (Å²) in [7, 11) is 1.92. The number of ether oxygens (including phenoxy) is 2. The number of rotatable bonds is 7. The third kappa shape index (κ3) is 4.89. The molecule has 3 heterocycles. The second-order valence-corrected chi connectivity index (χ2v) is 9.10. The highest BCUT2D eigenvalue weighted by Gasteiger charge is 2.16. The van der Waals surface area contributed by atoms with Gasteiger partial charge in [-0.05, 0) is 73.8 Å². The minimum Gasteiger partial charge on any atom is -0.490 e. The summed E-state index contributed by atoms with van der Waals surface area (Å²) in [6.07, 6.45) is 2.33. The van der Waals surface area contributed by atoms with Gasteiger partial charge >= 0.3 is 0 Å². The standard InChI is InChI=1S/C26H27N3O3S/c1-29-24(16-18-12-15-33-26(18)29)25(30)28-23-5-3-2-4-19(23)17-31-20-6-8-21(9-7-20)32-22-10-13-27-14-11-22/h2-9,12,15-16,22,27H,10-11,13-14,17H2,1H3,(H,28,30). The Bertz CT molecular complexity index is 1240. The number of hydrogen-bond acceptors (Lipinski definition) is 5. The molecule has 7 heteroatoms. The average molecular weight is 462 g/mol. The molecule has 5 rings (SSSR count). The van der Waals surface area contributed by atoms with Crippen LogP contribution in [0.15, 0.2) is 66.0 Å². The number of para-hydroxylation sites is 1. The predicted octanol–water partition coefficient (Wildman–Crippen LogP) is 5.20. The number of piperidine rings is 1. The molecule has 1 saturated heterocycles. The molecule has 1 aliphatic heterocycles. The first-order valence-electron chi connectivity index (χ1n) is 11.2. The molecule has 33 heavy (non-hydrogen) atoms. The minimum absolute atomic E-state index is 0.132. The number of hydrogen-bond donors (Lipinski definition) is 2. The van der Waals surface area contributed by atoms with Gasteiger partial charge in [-0.15, -0.1) is 11.3 Å². The third-order valence-electron chi connectivity index (χ3n) is 5.94. The number of aryl methyl sites for hydroxylation is 1. The number of carbonyl (C=O) groups is 1. The van der Waals surface area contributed by atoms with E-state index in [9.17, 15) is 4.79 Å². The van der Waals surface area contributed by atoms with Crippen molar-refractivity contribution in [1.29, 1.82) is 0 Å². The van der Waals surface area contributed by atoms with E-state index in [1.165, 1.54) is 0 Å². The molecule has 6 nitrogen and oxygen atoms in total. The molecule has 1 fully saturated rings. The van der Waals surface area contributed by atoms with Crippen LogP contribution in [0.2, 0.25) is 0 Å². The van der Waals surface area contributed by atoms with E-state index in [4.69, 9.17) is 9.47 Å². The summed E-state index contributed by atoms with van der Waals surface area (Å²) in [6, 6.07) is 19.4. The quantitative estimate of drug-likeness (QED) is 0.397. The molecule has 0 radical (unpaired) electrons. The smallest absolute Gasteiger partial charge is 0.272 e. The van der Waals surface area contributed by atoms with Gasteiger partial charge in [0.15, 0.2) is 0 Å². The van der Waals surface area contributed by atoms with Crippen LogP contribution in [0.5, 0.6) is 11.5 Å². The maximum atomic E-state index is 12.9. The summed E-state index contributed by atoms with van der Waals surface area (Å²) >= 11 is 1.63. The summed E-state index contributed by atoms with van der Waals surface area (Å²) in [6.45, 7) is 2.36. The molecular weight excluding hydrogens is 434 g/mol. The Hall–Kier alpha value is -3.29. The molecular formula is C26H27N3O3S. The monoisotopic (exact) mass is 461 g/mol. The fraction of sp³-hybridized carbons (Fsp3) is 0.269. The van der Waals surface area contributed by atoms with E-state index in [1.54, 1.807) is 11.3 Å². The molecule has 0 spiro atoms. The van der Waals surface area contributed by atoms with Crippen LogP contribution < -0.4 is 20.1 Å². The van der Waals surface area contributed by atoms with Crippen molar-refractivity contribution in [2.75, 3.05) is 18.4 Å². The van der Waals surface area contributed by atoms with Crippen molar-refractivity contribution in [2.45, 2.75) is 25.6 Å². The average Bonchev–Trinajstić information content (AvgIpc) is 3.43. The van der Waals surface area contributed by atoms with E-state index in [2.05, 4.69) is 10.6 Å². The van der Waals surface area contributed by atoms with Crippen molar-refractivity contribution in [3.63, 3.8) is 0 Å². The van der Waals surface area contributed by atoms with Crippen LogP contribution in [0.3, 0.4) is 0 Å². The Labute approximate surface area is 197 Å². The Morgan fingerprint density at radius 3 is 2.64 bits per heavy atom. The van der Waals surface area contributed by atoms with Gasteiger partial charge in [0.1, 0.15) is 34.7 Å². The highest BCUT2D eigenvalue weighted by atomic mass is 32.1. The maximum Gasteiger partial charge on any atom is 0.272 e. The SMILES string of the molecule is Cn1c(C(=O)Nc2ccccc2COc2ccc(OC3CCNCC3)cc2)cc2ccsc21. The lowest BCUT2D eigenvalue weighted by Gasteiger charge is -2.23. The van der Waals surface area contributed by atoms with Crippen molar-refractivity contribution >= 4 is 33.1 Å². The first kappa shape index (κ1) is 21.6. The Balaban J connectivity index is 1.22. The lowest BCUT2D eigenvalue weighted by Crippen LogP contribution is -2.34. The largest absolute Gasteiger partial charge is 0.490 e. The van der Waals surface area contributed by atoms with Gasteiger partial charge in [-0.2, -0.15) is 0 Å². The lowest BCUT2D eigenvalue weighted by atomic mass is 10.1. The molecule has 0 aliphatic carbocycles. The molecule has 1 aliphatic rings. The number of carbonyl (C=O) groups excluding carboxylic acids is 1. The normalized spacial score (nSPS) is 14.3. The van der Waals surface area contributed by atoms with Gasteiger partial charge in [0, 0.05) is 23.7 Å². The summed E-state index contributed by atoms with van der Waals surface area (Å²) in [5, 5.41) is 9.51. The number of thiophene rings is 1. The van der Waals surface area contributed by atoms with Gasteiger partial charge in [0.05, 0.1) is 0 Å². The highest BCUT2D eigenvalue weighted by Crippen LogP contribution is 2.26. The van der Waals surface area contributed by atoms with Gasteiger partial charge in [-0.1, -0.05) is 18.2 Å². The Kier molecular flexibility index (Phi) is 6.32. The van der Waals surface area contributed by atoms with E-state index in [1.807, 2.05) is 77.7 Å². The van der Waals surface area contributed by atoms with Crippen molar-refractivity contribution in [3.8, 4) is 11.5 Å². The van der Waals surface area contributed by atoms with E-state index in [0.717, 1.165) is 58.9 Å². The zero-order valence-corrected chi connectivity index (χ0v) is 19.4. The van der Waals surface area contributed by atoms with Crippen molar-refractivity contribution in [3.05, 3.63) is 77.3 Å². The van der Waals surface area contributed by atoms with E-state index >= 15 is 0 Å². The van der Waals surface area contributed by atoms with Crippen LogP contribution in [-0.2, 0) is 13.7 Å². The zero-order chi connectivity index (χ0) is 22.6. The van der Waals surface area contributed by atoms with Crippen LogP contribution in [0.1, 0.15) is 28.9 Å². The van der Waals surface area contributed by atoms with Crippen LogP contribution in [-0.4, -0.2) is 29.7 Å². The van der Waals surface area contributed by atoms with E-state index in [-0.39, 0.29) is 12.0 Å². The molecule has 0 atom stereocenters. The molecule has 2 aromatic carbocycles. The predicted molar refractivity (Wildman–Crippen MR) is 132 cm³/mol. The van der Waals surface area contributed by atoms with Crippen LogP contribution in [0.4, 0.5) is 5.69 Å². The van der Waals surface area contributed by atoms with E-state index in [0.29, 0.717) is 12.3 Å². The van der Waals surface area contributed by atoms with Crippen LogP contribution >= 0.6 is 11.3 Å². The minimum atomic E-state index is -0.132. The number of nitrogens with one attached hydrogen (secondary N) is 2. The summed E-state index contributed by atoms with van der Waals surface area (Å²) in [5.41, 5.74) is 2.30. The van der Waals surface area contributed by atoms with Crippen LogP contribution in [0.25, 0.3) is 10.2 Å². The molecule has 4 aromatic rings. The van der Waals surface area contributed by atoms with Gasteiger partial charge in [0.25, 0.3) is 5.91 Å². The van der Waals surface area contributed by atoms with Crippen LogP contribution in [0, 0.1) is 0 Å². The maximum absolute atomic E-state index is 12.9. The second kappa shape index (κ2) is 9.68. The number of anilines is 1. The number of nitrogens with zero attached hydrogens (tertiary/aromatic N) is 1. The molecule has 0 saturated carbocycles. The molecule has 170 valence electrons. The Morgan fingerprint density at radius 2 is 1.85 bits per heavy atom. The number of fused-ring (bicyclic) bond motifs is 1. The Morgan fingerprint density at radius 1 is 1.09 bits per heavy atom. The van der Waals surface area contributed by atoms with Gasteiger partial charge in [-0.25, -0.2) is 0 Å². The molecule has 1 amide bonds. The number of aromatic nitrogens is 1. The van der Waals surface area contributed by atoms with Gasteiger partial charge in [-0.3, -0.25) is 4.79 Å². The third-order valence-corrected chi connectivity index (χ3v) is 6.94. The molecule has 2 N–H and O–H groups in total. The fourth-order valence-electron chi connectivity index (χ4n) is 4.10. The molecule has 0 bridgehead atoms. The van der Waals surface area contributed by atoms with Crippen molar-refractivity contribution in [2.24, 2.45) is 7.05 Å². The topological polar surface area (TPSA) is 64.5 Å². The molecule has 0 unspecified atom stereocenters. The summed E-state index contributed by atoms with van der Waals surface area (Å²) in [4.78, 5) is 14.0. The number of benzene rings is 2. The van der Waals surface area contributed by atoms with Crippen molar-refractivity contribution < 1.29 is 14.3 Å². The fourth-order valence-corrected chi connectivity index (χ4v) is 4.96. The highest BCUT2D eigenvalue weighted by molar-refractivity contribution is 7.16. The second-order valence-electron chi connectivity index (χ2n) is 8.21. The summed E-state index contributed by atoms with van der Waals surface area (Å²) < 4.78 is 14.0. The first-order chi connectivity index (χ1) is 16.2. The first-order valence-corrected chi connectivity index (χ1v) is 12.1. The van der Waals surface area contributed by atoms with Gasteiger partial charge < -0.3 is 24.7 Å². The zero-order valence-electron chi connectivity index (χ0n) is 18.5.